The predicted molar refractivity (Wildman–Crippen MR) is 85.0 cm³/mol. The molecule has 0 spiro atoms. The molecule has 20 heavy (non-hydrogen) atoms. The predicted octanol–water partition coefficient (Wildman–Crippen LogP) is 4.15. The molecule has 1 fully saturated rings. The fourth-order valence-electron chi connectivity index (χ4n) is 3.14. The van der Waals surface area contributed by atoms with Gasteiger partial charge in [0.05, 0.1) is 6.10 Å². The maximum Gasteiger partial charge on any atom is 0.0942 e. The summed E-state index contributed by atoms with van der Waals surface area (Å²) in [6.07, 6.45) is 5.73. The molecule has 2 atom stereocenters. The molecule has 2 unspecified atom stereocenters. The summed E-state index contributed by atoms with van der Waals surface area (Å²) in [6.45, 7) is 6.54. The molecular weight excluding hydrogens is 246 g/mol. The van der Waals surface area contributed by atoms with E-state index in [9.17, 15) is 5.11 Å². The summed E-state index contributed by atoms with van der Waals surface area (Å²) < 4.78 is 0. The third-order valence-corrected chi connectivity index (χ3v) is 4.57. The Kier molecular flexibility index (Phi) is 5.62. The van der Waals surface area contributed by atoms with Crippen LogP contribution in [-0.2, 0) is 0 Å². The fraction of sp³-hybridized carbons (Fsp3) is 0.667. The highest BCUT2D eigenvalue weighted by Gasteiger charge is 2.24. The van der Waals surface area contributed by atoms with Crippen molar-refractivity contribution in [2.24, 2.45) is 0 Å². The Labute approximate surface area is 123 Å². The summed E-state index contributed by atoms with van der Waals surface area (Å²) in [4.78, 5) is 0. The summed E-state index contributed by atoms with van der Waals surface area (Å²) in [6, 6.07) is 9.22. The van der Waals surface area contributed by atoms with Crippen LogP contribution in [-0.4, -0.2) is 17.2 Å². The van der Waals surface area contributed by atoms with E-state index < -0.39 is 6.10 Å². The Morgan fingerprint density at radius 1 is 1.10 bits per heavy atom. The lowest BCUT2D eigenvalue weighted by molar-refractivity contribution is 0.119. The Balaban J connectivity index is 2.01. The number of nitrogens with one attached hydrogen (secondary N) is 1. The number of aliphatic hydroxyl groups is 1. The van der Waals surface area contributed by atoms with Crippen LogP contribution in [0.15, 0.2) is 24.3 Å². The Bertz CT molecular complexity index is 392. The highest BCUT2D eigenvalue weighted by Crippen LogP contribution is 2.25. The summed E-state index contributed by atoms with van der Waals surface area (Å²) in [7, 11) is 0. The van der Waals surface area contributed by atoms with E-state index in [1.54, 1.807) is 0 Å². The molecule has 0 bridgehead atoms. The number of hydrogen-bond donors (Lipinski definition) is 2. The van der Waals surface area contributed by atoms with Crippen molar-refractivity contribution >= 4 is 0 Å². The lowest BCUT2D eigenvalue weighted by Crippen LogP contribution is -2.40. The Morgan fingerprint density at radius 3 is 2.15 bits per heavy atom. The van der Waals surface area contributed by atoms with Crippen LogP contribution in [0.4, 0.5) is 0 Å². The van der Waals surface area contributed by atoms with Gasteiger partial charge in [0.1, 0.15) is 0 Å². The SMILES string of the molecule is CCC(NC1CCCC1)C(O)c1ccc(C(C)C)cc1. The van der Waals surface area contributed by atoms with E-state index in [0.717, 1.165) is 12.0 Å². The first kappa shape index (κ1) is 15.5. The fourth-order valence-corrected chi connectivity index (χ4v) is 3.14. The molecule has 2 N–H and O–H groups in total. The molecule has 0 aromatic heterocycles. The van der Waals surface area contributed by atoms with Gasteiger partial charge in [-0.25, -0.2) is 0 Å². The van der Waals surface area contributed by atoms with Gasteiger partial charge in [-0.2, -0.15) is 0 Å². The van der Waals surface area contributed by atoms with E-state index in [4.69, 9.17) is 0 Å². The van der Waals surface area contributed by atoms with Crippen molar-refractivity contribution < 1.29 is 5.11 Å². The first-order chi connectivity index (χ1) is 9.61. The summed E-state index contributed by atoms with van der Waals surface area (Å²) in [5, 5.41) is 14.3. The number of hydrogen-bond acceptors (Lipinski definition) is 2. The highest BCUT2D eigenvalue weighted by molar-refractivity contribution is 5.26. The van der Waals surface area contributed by atoms with Gasteiger partial charge < -0.3 is 10.4 Å². The minimum absolute atomic E-state index is 0.169. The van der Waals surface area contributed by atoms with Crippen LogP contribution in [0.25, 0.3) is 0 Å². The Hall–Kier alpha value is -0.860. The second-order valence-corrected chi connectivity index (χ2v) is 6.43. The quantitative estimate of drug-likeness (QED) is 0.817. The van der Waals surface area contributed by atoms with Crippen molar-refractivity contribution in [1.82, 2.24) is 5.32 Å². The summed E-state index contributed by atoms with van der Waals surface area (Å²) >= 11 is 0. The van der Waals surface area contributed by atoms with Crippen molar-refractivity contribution in [3.05, 3.63) is 35.4 Å². The average molecular weight is 275 g/mol. The van der Waals surface area contributed by atoms with Crippen LogP contribution in [0, 0.1) is 0 Å². The highest BCUT2D eigenvalue weighted by atomic mass is 16.3. The van der Waals surface area contributed by atoms with E-state index >= 15 is 0 Å². The van der Waals surface area contributed by atoms with Gasteiger partial charge in [-0.15, -0.1) is 0 Å². The molecule has 1 aromatic rings. The maximum absolute atomic E-state index is 10.6. The first-order valence-electron chi connectivity index (χ1n) is 8.15. The van der Waals surface area contributed by atoms with E-state index in [-0.39, 0.29) is 6.04 Å². The van der Waals surface area contributed by atoms with Crippen LogP contribution in [0.5, 0.6) is 0 Å². The second kappa shape index (κ2) is 7.24. The molecule has 0 amide bonds. The number of benzene rings is 1. The van der Waals surface area contributed by atoms with Crippen molar-refractivity contribution in [1.29, 1.82) is 0 Å². The summed E-state index contributed by atoms with van der Waals surface area (Å²) in [5.74, 6) is 0.541. The van der Waals surface area contributed by atoms with Gasteiger partial charge in [0.2, 0.25) is 0 Å². The molecular formula is C18H29NO. The monoisotopic (exact) mass is 275 g/mol. The standard InChI is InChI=1S/C18H29NO/c1-4-17(19-16-7-5-6-8-16)18(20)15-11-9-14(10-12-15)13(2)3/h9-13,16-20H,4-8H2,1-3H3. The van der Waals surface area contributed by atoms with Crippen LogP contribution in [0.3, 0.4) is 0 Å². The van der Waals surface area contributed by atoms with Gasteiger partial charge in [0.15, 0.2) is 0 Å². The van der Waals surface area contributed by atoms with Gasteiger partial charge in [-0.05, 0) is 36.3 Å². The third kappa shape index (κ3) is 3.83. The van der Waals surface area contributed by atoms with Crippen LogP contribution in [0.2, 0.25) is 0 Å². The van der Waals surface area contributed by atoms with E-state index in [1.165, 1.54) is 31.2 Å². The maximum atomic E-state index is 10.6. The average Bonchev–Trinajstić information content (AvgIpc) is 2.97. The van der Waals surface area contributed by atoms with Crippen LogP contribution < -0.4 is 5.32 Å². The molecule has 2 nitrogen and oxygen atoms in total. The minimum Gasteiger partial charge on any atom is -0.387 e. The molecule has 2 heteroatoms. The molecule has 0 saturated heterocycles. The zero-order valence-corrected chi connectivity index (χ0v) is 13.1. The zero-order valence-electron chi connectivity index (χ0n) is 13.1. The second-order valence-electron chi connectivity index (χ2n) is 6.43. The topological polar surface area (TPSA) is 32.3 Å². The van der Waals surface area contributed by atoms with Gasteiger partial charge in [0, 0.05) is 12.1 Å². The molecule has 112 valence electrons. The first-order valence-corrected chi connectivity index (χ1v) is 8.15. The van der Waals surface area contributed by atoms with Crippen molar-refractivity contribution in [3.63, 3.8) is 0 Å². The van der Waals surface area contributed by atoms with Gasteiger partial charge >= 0.3 is 0 Å². The molecule has 0 heterocycles. The molecule has 1 aliphatic carbocycles. The Morgan fingerprint density at radius 2 is 1.65 bits per heavy atom. The van der Waals surface area contributed by atoms with Crippen molar-refractivity contribution in [3.8, 4) is 0 Å². The smallest absolute Gasteiger partial charge is 0.0942 e. The van der Waals surface area contributed by atoms with Crippen molar-refractivity contribution in [2.45, 2.75) is 77.0 Å². The lowest BCUT2D eigenvalue weighted by Gasteiger charge is -2.27. The molecule has 0 aliphatic heterocycles. The minimum atomic E-state index is -0.401. The van der Waals surface area contributed by atoms with Gasteiger partial charge in [-0.1, -0.05) is 57.9 Å². The normalized spacial score (nSPS) is 19.4. The van der Waals surface area contributed by atoms with E-state index in [0.29, 0.717) is 12.0 Å². The molecule has 2 rings (SSSR count). The molecule has 1 saturated carbocycles. The lowest BCUT2D eigenvalue weighted by atomic mass is 9.95. The largest absolute Gasteiger partial charge is 0.387 e. The molecule has 1 aliphatic rings. The number of rotatable bonds is 6. The van der Waals surface area contributed by atoms with Gasteiger partial charge in [0.25, 0.3) is 0 Å². The molecule has 0 radical (unpaired) electrons. The van der Waals surface area contributed by atoms with Crippen LogP contribution >= 0.6 is 0 Å². The van der Waals surface area contributed by atoms with Crippen LogP contribution in [0.1, 0.15) is 76.0 Å². The zero-order chi connectivity index (χ0) is 14.5. The number of aliphatic hydroxyl groups excluding tert-OH is 1. The summed E-state index contributed by atoms with van der Waals surface area (Å²) in [5.41, 5.74) is 2.37. The molecule has 1 aromatic carbocycles. The van der Waals surface area contributed by atoms with Gasteiger partial charge in [-0.3, -0.25) is 0 Å². The van der Waals surface area contributed by atoms with E-state index in [2.05, 4.69) is 50.4 Å². The third-order valence-electron chi connectivity index (χ3n) is 4.57. The van der Waals surface area contributed by atoms with E-state index in [1.807, 2.05) is 0 Å². The van der Waals surface area contributed by atoms with Crippen molar-refractivity contribution in [2.75, 3.05) is 0 Å².